The van der Waals surface area contributed by atoms with Crippen molar-refractivity contribution in [3.8, 4) is 5.69 Å². The zero-order valence-electron chi connectivity index (χ0n) is 17.7. The Morgan fingerprint density at radius 1 is 1.09 bits per heavy atom. The average Bonchev–Trinajstić information content (AvgIpc) is 3.36. The molecule has 0 amide bonds. The summed E-state index contributed by atoms with van der Waals surface area (Å²) in [6, 6.07) is 7.03. The Bertz CT molecular complexity index is 1510. The highest BCUT2D eigenvalue weighted by Crippen LogP contribution is 2.31. The van der Waals surface area contributed by atoms with Gasteiger partial charge in [-0.05, 0) is 43.5 Å². The predicted molar refractivity (Wildman–Crippen MR) is 128 cm³/mol. The number of halogens is 2. The maximum absolute atomic E-state index is 13.6. The van der Waals surface area contributed by atoms with Crippen LogP contribution in [0.25, 0.3) is 27.6 Å². The Balaban J connectivity index is 1.63. The molecule has 0 bridgehead atoms. The third kappa shape index (κ3) is 3.85. The summed E-state index contributed by atoms with van der Waals surface area (Å²) in [4.78, 5) is 31.7. The second-order valence-electron chi connectivity index (χ2n) is 7.66. The molecule has 1 aromatic carbocycles. The quantitative estimate of drug-likeness (QED) is 0.372. The van der Waals surface area contributed by atoms with Gasteiger partial charge < -0.3 is 0 Å². The third-order valence-electron chi connectivity index (χ3n) is 5.75. The molecule has 0 spiro atoms. The van der Waals surface area contributed by atoms with Crippen molar-refractivity contribution in [2.24, 2.45) is 0 Å². The molecule has 8 nitrogen and oxygen atoms in total. The van der Waals surface area contributed by atoms with Crippen molar-refractivity contribution in [2.45, 2.75) is 32.1 Å². The molecule has 166 valence electrons. The number of H-pyrrole nitrogens is 1. The highest BCUT2D eigenvalue weighted by Gasteiger charge is 2.23. The molecule has 4 aromatic heterocycles. The molecule has 0 aliphatic carbocycles. The number of nitrogens with zero attached hydrogens (tertiary/aromatic N) is 6. The average molecular weight is 480 g/mol. The van der Waals surface area contributed by atoms with Crippen LogP contribution < -0.4 is 5.56 Å². The van der Waals surface area contributed by atoms with Crippen LogP contribution in [0.5, 0.6) is 0 Å². The first-order valence-electron chi connectivity index (χ1n) is 10.5. The number of aromatic amines is 1. The van der Waals surface area contributed by atoms with E-state index in [9.17, 15) is 4.79 Å². The molecule has 1 N–H and O–H groups in total. The number of benzene rings is 1. The second-order valence-corrected chi connectivity index (χ2v) is 8.47. The zero-order valence-corrected chi connectivity index (χ0v) is 19.2. The van der Waals surface area contributed by atoms with Gasteiger partial charge in [-0.1, -0.05) is 30.1 Å². The van der Waals surface area contributed by atoms with Gasteiger partial charge in [-0.3, -0.25) is 19.4 Å². The van der Waals surface area contributed by atoms with Gasteiger partial charge in [0.2, 0.25) is 0 Å². The maximum Gasteiger partial charge on any atom is 0.267 e. The van der Waals surface area contributed by atoms with Crippen molar-refractivity contribution in [1.29, 1.82) is 0 Å². The highest BCUT2D eigenvalue weighted by molar-refractivity contribution is 6.39. The van der Waals surface area contributed by atoms with Gasteiger partial charge in [0, 0.05) is 18.3 Å². The van der Waals surface area contributed by atoms with Crippen molar-refractivity contribution in [2.75, 3.05) is 0 Å². The molecule has 0 fully saturated rings. The van der Waals surface area contributed by atoms with Crippen LogP contribution in [0.2, 0.25) is 10.0 Å². The monoisotopic (exact) mass is 479 g/mol. The summed E-state index contributed by atoms with van der Waals surface area (Å²) in [5.41, 5.74) is 3.15. The van der Waals surface area contributed by atoms with E-state index in [2.05, 4.69) is 32.1 Å². The van der Waals surface area contributed by atoms with E-state index in [4.69, 9.17) is 28.2 Å². The van der Waals surface area contributed by atoms with Gasteiger partial charge in [-0.15, -0.1) is 0 Å². The fourth-order valence-corrected chi connectivity index (χ4v) is 4.51. The third-order valence-corrected chi connectivity index (χ3v) is 6.37. The molecule has 0 aliphatic rings. The number of rotatable bonds is 6. The van der Waals surface area contributed by atoms with E-state index in [1.807, 2.05) is 12.1 Å². The largest absolute Gasteiger partial charge is 0.284 e. The van der Waals surface area contributed by atoms with E-state index in [0.717, 1.165) is 23.1 Å². The lowest BCUT2D eigenvalue weighted by Crippen LogP contribution is -2.26. The van der Waals surface area contributed by atoms with Crippen molar-refractivity contribution >= 4 is 45.1 Å². The van der Waals surface area contributed by atoms with Gasteiger partial charge in [0.1, 0.15) is 17.7 Å². The van der Waals surface area contributed by atoms with Crippen molar-refractivity contribution in [3.63, 3.8) is 0 Å². The van der Waals surface area contributed by atoms with Crippen LogP contribution in [0.1, 0.15) is 37.2 Å². The summed E-state index contributed by atoms with van der Waals surface area (Å²) < 4.78 is 1.57. The molecule has 33 heavy (non-hydrogen) atoms. The zero-order chi connectivity index (χ0) is 22.9. The Morgan fingerprint density at radius 3 is 2.73 bits per heavy atom. The smallest absolute Gasteiger partial charge is 0.267 e. The minimum absolute atomic E-state index is 0.0548. The van der Waals surface area contributed by atoms with E-state index in [0.29, 0.717) is 39.9 Å². The SMILES string of the molecule is CCC(CCc1ncnc2cccnc12)c1nc2c(Cl)ccc(Cl)c2c(=O)n1-c1cn[nH]c1. The number of hydrogen-bond acceptors (Lipinski definition) is 6. The first kappa shape index (κ1) is 21.5. The number of pyridine rings is 1. The van der Waals surface area contributed by atoms with Crippen LogP contribution >= 0.6 is 23.2 Å². The van der Waals surface area contributed by atoms with Gasteiger partial charge in [-0.25, -0.2) is 15.0 Å². The maximum atomic E-state index is 13.6. The molecule has 5 aromatic rings. The number of aryl methyl sites for hydroxylation is 1. The van der Waals surface area contributed by atoms with Gasteiger partial charge in [0.25, 0.3) is 5.56 Å². The molecular weight excluding hydrogens is 461 g/mol. The Morgan fingerprint density at radius 2 is 1.94 bits per heavy atom. The Labute approximate surface area is 198 Å². The number of fused-ring (bicyclic) bond motifs is 2. The van der Waals surface area contributed by atoms with Crippen molar-refractivity contribution in [3.05, 3.63) is 81.1 Å². The van der Waals surface area contributed by atoms with Gasteiger partial charge in [0.05, 0.1) is 44.0 Å². The second kappa shape index (κ2) is 8.88. The van der Waals surface area contributed by atoms with E-state index < -0.39 is 0 Å². The summed E-state index contributed by atoms with van der Waals surface area (Å²) in [5, 5.41) is 7.76. The lowest BCUT2D eigenvalue weighted by molar-refractivity contribution is 0.553. The minimum Gasteiger partial charge on any atom is -0.284 e. The fraction of sp³-hybridized carbons (Fsp3) is 0.217. The van der Waals surface area contributed by atoms with E-state index in [1.165, 1.54) is 0 Å². The standard InChI is InChI=1S/C23H19Cl2N7O/c1-2-13(5-8-18-21-17(27-12-28-18)4-3-9-26-21)22-31-20-16(25)7-6-15(24)19(20)23(33)32(22)14-10-29-30-11-14/h3-4,6-7,9-13H,2,5,8H2,1H3,(H,29,30). The Hall–Kier alpha value is -3.36. The summed E-state index contributed by atoms with van der Waals surface area (Å²) in [7, 11) is 0. The first-order chi connectivity index (χ1) is 16.1. The van der Waals surface area contributed by atoms with Crippen molar-refractivity contribution < 1.29 is 0 Å². The van der Waals surface area contributed by atoms with Crippen LogP contribution in [0.3, 0.4) is 0 Å². The fourth-order valence-electron chi connectivity index (χ4n) is 4.08. The van der Waals surface area contributed by atoms with E-state index in [1.54, 1.807) is 41.6 Å². The lowest BCUT2D eigenvalue weighted by atomic mass is 9.97. The Kier molecular flexibility index (Phi) is 5.78. The van der Waals surface area contributed by atoms with E-state index >= 15 is 0 Å². The molecule has 1 unspecified atom stereocenters. The predicted octanol–water partition coefficient (Wildman–Crippen LogP) is 4.88. The van der Waals surface area contributed by atoms with Crippen LogP contribution in [0.4, 0.5) is 0 Å². The molecule has 10 heteroatoms. The lowest BCUT2D eigenvalue weighted by Gasteiger charge is -2.20. The van der Waals surface area contributed by atoms with Crippen LogP contribution in [0, 0.1) is 0 Å². The molecule has 0 aliphatic heterocycles. The molecule has 0 saturated heterocycles. The molecule has 1 atom stereocenters. The molecule has 5 rings (SSSR count). The summed E-state index contributed by atoms with van der Waals surface area (Å²) in [6.45, 7) is 2.07. The topological polar surface area (TPSA) is 102 Å². The van der Waals surface area contributed by atoms with Crippen LogP contribution in [0.15, 0.2) is 54.0 Å². The molecule has 0 saturated carbocycles. The molecule has 4 heterocycles. The molecular formula is C23H19Cl2N7O. The molecule has 0 radical (unpaired) electrons. The van der Waals surface area contributed by atoms with Gasteiger partial charge >= 0.3 is 0 Å². The van der Waals surface area contributed by atoms with Crippen LogP contribution in [-0.2, 0) is 6.42 Å². The number of hydrogen-bond donors (Lipinski definition) is 1. The van der Waals surface area contributed by atoms with Crippen LogP contribution in [-0.4, -0.2) is 34.7 Å². The highest BCUT2D eigenvalue weighted by atomic mass is 35.5. The summed E-state index contributed by atoms with van der Waals surface area (Å²) in [5.74, 6) is 0.549. The minimum atomic E-state index is -0.281. The summed E-state index contributed by atoms with van der Waals surface area (Å²) in [6.07, 6.45) is 8.64. The van der Waals surface area contributed by atoms with Crippen molar-refractivity contribution in [1.82, 2.24) is 34.7 Å². The van der Waals surface area contributed by atoms with Gasteiger partial charge in [0.15, 0.2) is 0 Å². The normalized spacial score (nSPS) is 12.5. The number of aromatic nitrogens is 7. The van der Waals surface area contributed by atoms with E-state index in [-0.39, 0.29) is 16.9 Å². The summed E-state index contributed by atoms with van der Waals surface area (Å²) >= 11 is 12.8. The number of nitrogens with one attached hydrogen (secondary N) is 1. The van der Waals surface area contributed by atoms with Gasteiger partial charge in [-0.2, -0.15) is 5.10 Å². The first-order valence-corrected chi connectivity index (χ1v) is 11.3.